The molecule has 1 unspecified atom stereocenters. The molecule has 2 aromatic carbocycles. The van der Waals surface area contributed by atoms with E-state index in [9.17, 15) is 14.1 Å². The number of carbonyl (C=O) groups excluding carboxylic acids is 1. The number of pyridine rings is 1. The summed E-state index contributed by atoms with van der Waals surface area (Å²) in [4.78, 5) is 37.3. The Labute approximate surface area is 217 Å². The molecule has 1 amide bonds. The van der Waals surface area contributed by atoms with Crippen LogP contribution in [0, 0.1) is 6.92 Å². The lowest BCUT2D eigenvalue weighted by Gasteiger charge is -2.30. The van der Waals surface area contributed by atoms with Crippen LogP contribution in [0.15, 0.2) is 76.7 Å². The average molecular weight is 515 g/mol. The fraction of sp³-hybridized carbons (Fsp3) is 0.185. The first kappa shape index (κ1) is 24.5. The molecule has 2 aromatic heterocycles. The van der Waals surface area contributed by atoms with Gasteiger partial charge in [0.1, 0.15) is 11.9 Å². The number of aryl methyl sites for hydroxylation is 1. The van der Waals surface area contributed by atoms with Gasteiger partial charge >= 0.3 is 0 Å². The van der Waals surface area contributed by atoms with Gasteiger partial charge in [-0.1, -0.05) is 6.07 Å². The van der Waals surface area contributed by atoms with Crippen LogP contribution >= 0.6 is 0 Å². The molecular weight excluding hydrogens is 488 g/mol. The predicted octanol–water partition coefficient (Wildman–Crippen LogP) is 3.07. The van der Waals surface area contributed by atoms with E-state index in [4.69, 9.17) is 5.73 Å². The van der Waals surface area contributed by atoms with E-state index in [-0.39, 0.29) is 17.4 Å². The van der Waals surface area contributed by atoms with Gasteiger partial charge in [0.25, 0.3) is 11.5 Å². The Balaban J connectivity index is 1.37. The minimum Gasteiger partial charge on any atom is -0.612 e. The van der Waals surface area contributed by atoms with Crippen LogP contribution in [0.2, 0.25) is 0 Å². The topological polar surface area (TPSA) is 129 Å². The Morgan fingerprint density at radius 1 is 1.16 bits per heavy atom. The van der Waals surface area contributed by atoms with Crippen molar-refractivity contribution in [1.82, 2.24) is 14.5 Å². The number of fused-ring (bicyclic) bond motifs is 1. The molecule has 37 heavy (non-hydrogen) atoms. The molecule has 5 rings (SSSR count). The lowest BCUT2D eigenvalue weighted by Crippen LogP contribution is -2.37. The highest BCUT2D eigenvalue weighted by Gasteiger charge is 2.23. The molecule has 0 aliphatic carbocycles. The van der Waals surface area contributed by atoms with E-state index in [1.807, 2.05) is 13.0 Å². The summed E-state index contributed by atoms with van der Waals surface area (Å²) < 4.78 is 13.3. The molecule has 0 radical (unpaired) electrons. The van der Waals surface area contributed by atoms with Crippen LogP contribution in [-0.2, 0) is 24.1 Å². The fourth-order valence-corrected chi connectivity index (χ4v) is 5.01. The maximum atomic E-state index is 13.6. The van der Waals surface area contributed by atoms with Gasteiger partial charge in [-0.25, -0.2) is 9.97 Å². The first-order valence-corrected chi connectivity index (χ1v) is 13.3. The molecule has 188 valence electrons. The number of hydrogen-bond donors (Lipinski definition) is 2. The zero-order valence-electron chi connectivity index (χ0n) is 20.5. The van der Waals surface area contributed by atoms with Gasteiger partial charge in [0.15, 0.2) is 4.90 Å². The molecular formula is C27H26N6O3S. The van der Waals surface area contributed by atoms with Crippen LogP contribution in [0.4, 0.5) is 17.3 Å². The first-order valence-electron chi connectivity index (χ1n) is 11.7. The van der Waals surface area contributed by atoms with E-state index in [2.05, 4.69) is 20.2 Å². The second-order valence-electron chi connectivity index (χ2n) is 8.88. The van der Waals surface area contributed by atoms with Crippen molar-refractivity contribution in [2.24, 2.45) is 0 Å². The normalized spacial score (nSPS) is 13.6. The molecule has 1 aliphatic heterocycles. The van der Waals surface area contributed by atoms with E-state index in [1.54, 1.807) is 71.7 Å². The minimum absolute atomic E-state index is 0.124. The molecule has 0 fully saturated rings. The number of amides is 1. The summed E-state index contributed by atoms with van der Waals surface area (Å²) in [5.74, 6) is -0.0399. The fourth-order valence-electron chi connectivity index (χ4n) is 4.45. The van der Waals surface area contributed by atoms with Crippen molar-refractivity contribution in [1.29, 1.82) is 0 Å². The van der Waals surface area contributed by atoms with Gasteiger partial charge in [0.05, 0.1) is 5.69 Å². The van der Waals surface area contributed by atoms with Crippen LogP contribution in [-0.4, -0.2) is 37.8 Å². The first-order chi connectivity index (χ1) is 17.8. The third kappa shape index (κ3) is 5.07. The van der Waals surface area contributed by atoms with Gasteiger partial charge in [0.2, 0.25) is 5.95 Å². The number of benzene rings is 2. The number of rotatable bonds is 5. The molecule has 9 nitrogen and oxygen atoms in total. The Kier molecular flexibility index (Phi) is 6.68. The number of nitrogens with two attached hydrogens (primary N) is 1. The van der Waals surface area contributed by atoms with Crippen LogP contribution in [0.3, 0.4) is 0 Å². The largest absolute Gasteiger partial charge is 0.612 e. The summed E-state index contributed by atoms with van der Waals surface area (Å²) in [6, 6.07) is 15.7. The standard InChI is InChI=1S/C27H26N6O3S/c1-17-10-13-33(26(35)24(17)32-12-11-23-19(16-32)15-29-27(28)31-23)21-8-6-20(7-9-21)30-25(34)18-4-3-5-22(14-18)37(2)36/h3-10,13-15H,11-12,16H2,1-2H3,(H,30,34)(H2,28,29,31). The van der Waals surface area contributed by atoms with E-state index in [0.717, 1.165) is 16.8 Å². The van der Waals surface area contributed by atoms with Gasteiger partial charge in [-0.2, -0.15) is 0 Å². The zero-order valence-corrected chi connectivity index (χ0v) is 21.3. The molecule has 3 N–H and O–H groups in total. The van der Waals surface area contributed by atoms with Crippen molar-refractivity contribution in [3.8, 4) is 5.69 Å². The number of carbonyl (C=O) groups is 1. The van der Waals surface area contributed by atoms with Crippen molar-refractivity contribution in [3.05, 3.63) is 99.7 Å². The van der Waals surface area contributed by atoms with Gasteiger partial charge in [-0.05, 0) is 66.1 Å². The number of nitrogens with zero attached hydrogens (tertiary/aromatic N) is 4. The Morgan fingerprint density at radius 3 is 2.70 bits per heavy atom. The third-order valence-electron chi connectivity index (χ3n) is 6.37. The Bertz CT molecular complexity index is 1530. The summed E-state index contributed by atoms with van der Waals surface area (Å²) in [6.07, 6.45) is 5.74. The highest BCUT2D eigenvalue weighted by Crippen LogP contribution is 2.24. The number of nitrogens with one attached hydrogen (secondary N) is 1. The Morgan fingerprint density at radius 2 is 1.95 bits per heavy atom. The summed E-state index contributed by atoms with van der Waals surface area (Å²) in [5, 5.41) is 2.85. The quantitative estimate of drug-likeness (QED) is 0.392. The van der Waals surface area contributed by atoms with E-state index in [1.165, 1.54) is 0 Å². The van der Waals surface area contributed by atoms with Gasteiger partial charge in [-0.15, -0.1) is 0 Å². The van der Waals surface area contributed by atoms with E-state index in [0.29, 0.717) is 47.0 Å². The molecule has 0 bridgehead atoms. The van der Waals surface area contributed by atoms with Crippen LogP contribution in [0.5, 0.6) is 0 Å². The smallest absolute Gasteiger partial charge is 0.278 e. The SMILES string of the molecule is Cc1ccn(-c2ccc(NC(=O)c3cccc([S+](C)[O-])c3)cc2)c(=O)c1N1CCc2nc(N)ncc2C1. The van der Waals surface area contributed by atoms with Crippen LogP contribution < -0.4 is 21.5 Å². The lowest BCUT2D eigenvalue weighted by molar-refractivity contribution is 0.102. The summed E-state index contributed by atoms with van der Waals surface area (Å²) >= 11 is -1.17. The maximum absolute atomic E-state index is 13.6. The molecule has 0 saturated carbocycles. The molecule has 10 heteroatoms. The second-order valence-corrected chi connectivity index (χ2v) is 10.3. The number of hydrogen-bond acceptors (Lipinski definition) is 7. The molecule has 1 atom stereocenters. The van der Waals surface area contributed by atoms with Gasteiger partial charge < -0.3 is 20.5 Å². The molecule has 1 aliphatic rings. The van der Waals surface area contributed by atoms with Crippen molar-refractivity contribution in [2.45, 2.75) is 24.8 Å². The summed E-state index contributed by atoms with van der Waals surface area (Å²) in [5.41, 5.74) is 10.7. The van der Waals surface area contributed by atoms with Crippen molar-refractivity contribution in [3.63, 3.8) is 0 Å². The van der Waals surface area contributed by atoms with Crippen LogP contribution in [0.25, 0.3) is 5.69 Å². The highest BCUT2D eigenvalue weighted by molar-refractivity contribution is 7.90. The predicted molar refractivity (Wildman–Crippen MR) is 145 cm³/mol. The summed E-state index contributed by atoms with van der Waals surface area (Å²) in [6.45, 7) is 3.12. The Hall–Kier alpha value is -4.15. The highest BCUT2D eigenvalue weighted by atomic mass is 32.2. The molecule has 0 saturated heterocycles. The molecule has 3 heterocycles. The van der Waals surface area contributed by atoms with Crippen molar-refractivity contribution >= 4 is 34.4 Å². The monoisotopic (exact) mass is 514 g/mol. The van der Waals surface area contributed by atoms with E-state index >= 15 is 0 Å². The second kappa shape index (κ2) is 10.1. The van der Waals surface area contributed by atoms with Crippen LogP contribution in [0.1, 0.15) is 27.2 Å². The zero-order chi connectivity index (χ0) is 26.1. The minimum atomic E-state index is -1.17. The third-order valence-corrected chi connectivity index (χ3v) is 7.29. The number of nitrogen functional groups attached to an aromatic ring is 1. The number of anilines is 3. The number of aromatic nitrogens is 3. The molecule has 4 aromatic rings. The summed E-state index contributed by atoms with van der Waals surface area (Å²) in [7, 11) is 0. The molecule has 0 spiro atoms. The maximum Gasteiger partial charge on any atom is 0.278 e. The van der Waals surface area contributed by atoms with Crippen molar-refractivity contribution in [2.75, 3.05) is 28.8 Å². The van der Waals surface area contributed by atoms with Gasteiger partial charge in [-0.3, -0.25) is 14.2 Å². The van der Waals surface area contributed by atoms with Gasteiger partial charge in [0, 0.05) is 60.5 Å². The van der Waals surface area contributed by atoms with E-state index < -0.39 is 11.2 Å². The lowest BCUT2D eigenvalue weighted by atomic mass is 10.1. The average Bonchev–Trinajstić information content (AvgIpc) is 2.89. The van der Waals surface area contributed by atoms with Crippen molar-refractivity contribution < 1.29 is 9.35 Å².